The van der Waals surface area contributed by atoms with Crippen LogP contribution in [-0.4, -0.2) is 22.0 Å². The van der Waals surface area contributed by atoms with Gasteiger partial charge in [-0.1, -0.05) is 24.6 Å². The molecule has 1 aromatic heterocycles. The van der Waals surface area contributed by atoms with Crippen LogP contribution in [0.3, 0.4) is 0 Å². The third-order valence-corrected chi connectivity index (χ3v) is 3.88. The van der Waals surface area contributed by atoms with Crippen LogP contribution in [0.2, 0.25) is 0 Å². The van der Waals surface area contributed by atoms with Crippen LogP contribution in [0.25, 0.3) is 0 Å². The molecule has 1 saturated carbocycles. The minimum Gasteiger partial charge on any atom is -0.416 e. The average molecular weight is 227 g/mol. The zero-order valence-electron chi connectivity index (χ0n) is 8.98. The topological polar surface area (TPSA) is 64.9 Å². The molecule has 0 amide bonds. The van der Waals surface area contributed by atoms with E-state index in [-0.39, 0.29) is 6.04 Å². The molecule has 1 aromatic rings. The molecule has 84 valence electrons. The van der Waals surface area contributed by atoms with Crippen molar-refractivity contribution in [2.45, 2.75) is 43.9 Å². The molecule has 4 nitrogen and oxygen atoms in total. The third kappa shape index (κ3) is 2.95. The number of nitrogens with two attached hydrogens (primary N) is 1. The first-order valence-electron chi connectivity index (χ1n) is 5.44. The quantitative estimate of drug-likeness (QED) is 0.797. The molecular formula is C10H17N3OS. The number of nitrogens with zero attached hydrogens (tertiary/aromatic N) is 2. The Morgan fingerprint density at radius 1 is 1.47 bits per heavy atom. The molecule has 1 atom stereocenters. The van der Waals surface area contributed by atoms with Crippen LogP contribution in [0.1, 0.15) is 31.6 Å². The molecule has 5 heteroatoms. The van der Waals surface area contributed by atoms with Crippen LogP contribution < -0.4 is 5.73 Å². The highest BCUT2D eigenvalue weighted by Crippen LogP contribution is 2.29. The lowest BCUT2D eigenvalue weighted by molar-refractivity contribution is 0.426. The van der Waals surface area contributed by atoms with Crippen LogP contribution in [0.15, 0.2) is 9.64 Å². The Morgan fingerprint density at radius 2 is 2.20 bits per heavy atom. The molecule has 0 saturated heterocycles. The fourth-order valence-corrected chi connectivity index (χ4v) is 2.91. The van der Waals surface area contributed by atoms with Crippen molar-refractivity contribution in [3.63, 3.8) is 0 Å². The van der Waals surface area contributed by atoms with E-state index in [0.29, 0.717) is 17.0 Å². The summed E-state index contributed by atoms with van der Waals surface area (Å²) in [7, 11) is 0. The molecule has 0 bridgehead atoms. The normalized spacial score (nSPS) is 19.6. The predicted octanol–water partition coefficient (Wildman–Crippen LogP) is 1.99. The van der Waals surface area contributed by atoms with E-state index in [4.69, 9.17) is 10.2 Å². The van der Waals surface area contributed by atoms with Gasteiger partial charge in [-0.2, -0.15) is 0 Å². The minimum atomic E-state index is 0.268. The van der Waals surface area contributed by atoms with E-state index in [1.165, 1.54) is 25.7 Å². The Morgan fingerprint density at radius 3 is 2.80 bits per heavy atom. The fourth-order valence-electron chi connectivity index (χ4n) is 2.03. The Labute approximate surface area is 94.0 Å². The first-order chi connectivity index (χ1) is 7.25. The summed E-state index contributed by atoms with van der Waals surface area (Å²) in [6.45, 7) is 1.80. The van der Waals surface area contributed by atoms with Gasteiger partial charge in [0.15, 0.2) is 0 Å². The van der Waals surface area contributed by atoms with Crippen LogP contribution in [0.4, 0.5) is 0 Å². The molecule has 2 N–H and O–H groups in total. The molecule has 1 aliphatic rings. The van der Waals surface area contributed by atoms with Crippen molar-refractivity contribution < 1.29 is 4.42 Å². The SMILES string of the molecule is Cc1nnc(SCC(N)C2CCCC2)o1. The van der Waals surface area contributed by atoms with Crippen molar-refractivity contribution in [3.05, 3.63) is 5.89 Å². The molecule has 1 unspecified atom stereocenters. The fraction of sp³-hybridized carbons (Fsp3) is 0.800. The monoisotopic (exact) mass is 227 g/mol. The highest BCUT2D eigenvalue weighted by molar-refractivity contribution is 7.99. The van der Waals surface area contributed by atoms with Gasteiger partial charge in [0.2, 0.25) is 5.89 Å². The minimum absolute atomic E-state index is 0.268. The highest BCUT2D eigenvalue weighted by atomic mass is 32.2. The predicted molar refractivity (Wildman–Crippen MR) is 59.7 cm³/mol. The molecular weight excluding hydrogens is 210 g/mol. The Bertz CT molecular complexity index is 309. The van der Waals surface area contributed by atoms with E-state index >= 15 is 0 Å². The Balaban J connectivity index is 1.77. The lowest BCUT2D eigenvalue weighted by Gasteiger charge is -2.16. The van der Waals surface area contributed by atoms with Crippen molar-refractivity contribution in [2.75, 3.05) is 5.75 Å². The van der Waals surface area contributed by atoms with E-state index < -0.39 is 0 Å². The first kappa shape index (κ1) is 11.0. The smallest absolute Gasteiger partial charge is 0.276 e. The molecule has 1 aliphatic carbocycles. The number of aromatic nitrogens is 2. The zero-order chi connectivity index (χ0) is 10.7. The van der Waals surface area contributed by atoms with Crippen molar-refractivity contribution in [1.82, 2.24) is 10.2 Å². The van der Waals surface area contributed by atoms with Gasteiger partial charge in [0, 0.05) is 18.7 Å². The van der Waals surface area contributed by atoms with Crippen LogP contribution in [0.5, 0.6) is 0 Å². The average Bonchev–Trinajstić information content (AvgIpc) is 2.84. The number of hydrogen-bond acceptors (Lipinski definition) is 5. The summed E-state index contributed by atoms with van der Waals surface area (Å²) >= 11 is 1.57. The number of thioether (sulfide) groups is 1. The molecule has 0 aromatic carbocycles. The summed E-state index contributed by atoms with van der Waals surface area (Å²) in [5.74, 6) is 2.19. The van der Waals surface area contributed by atoms with Gasteiger partial charge in [0.25, 0.3) is 5.22 Å². The number of hydrogen-bond donors (Lipinski definition) is 1. The lowest BCUT2D eigenvalue weighted by Crippen LogP contribution is -2.30. The first-order valence-corrected chi connectivity index (χ1v) is 6.43. The summed E-state index contributed by atoms with van der Waals surface area (Å²) in [6.07, 6.45) is 5.24. The van der Waals surface area contributed by atoms with Gasteiger partial charge in [-0.05, 0) is 18.8 Å². The van der Waals surface area contributed by atoms with Crippen LogP contribution in [0, 0.1) is 12.8 Å². The van der Waals surface area contributed by atoms with Crippen molar-refractivity contribution in [3.8, 4) is 0 Å². The van der Waals surface area contributed by atoms with Crippen molar-refractivity contribution in [1.29, 1.82) is 0 Å². The van der Waals surface area contributed by atoms with E-state index in [1.54, 1.807) is 18.7 Å². The number of aryl methyl sites for hydroxylation is 1. The standard InChI is InChI=1S/C10H17N3OS/c1-7-12-13-10(14-7)15-6-9(11)8-4-2-3-5-8/h8-9H,2-6,11H2,1H3. The van der Waals surface area contributed by atoms with Crippen molar-refractivity contribution >= 4 is 11.8 Å². The largest absolute Gasteiger partial charge is 0.416 e. The molecule has 0 aliphatic heterocycles. The molecule has 0 spiro atoms. The maximum absolute atomic E-state index is 6.12. The third-order valence-electron chi connectivity index (χ3n) is 2.91. The lowest BCUT2D eigenvalue weighted by atomic mass is 10.0. The zero-order valence-corrected chi connectivity index (χ0v) is 9.80. The van der Waals surface area contributed by atoms with Crippen LogP contribution in [-0.2, 0) is 0 Å². The molecule has 15 heavy (non-hydrogen) atoms. The number of rotatable bonds is 4. The van der Waals surface area contributed by atoms with Crippen molar-refractivity contribution in [2.24, 2.45) is 11.7 Å². The summed E-state index contributed by atoms with van der Waals surface area (Å²) in [5.41, 5.74) is 6.12. The molecule has 1 heterocycles. The van der Waals surface area contributed by atoms with E-state index in [1.807, 2.05) is 0 Å². The second kappa shape index (κ2) is 4.99. The van der Waals surface area contributed by atoms with Gasteiger partial charge >= 0.3 is 0 Å². The highest BCUT2D eigenvalue weighted by Gasteiger charge is 2.22. The van der Waals surface area contributed by atoms with E-state index in [9.17, 15) is 0 Å². The summed E-state index contributed by atoms with van der Waals surface area (Å²) in [4.78, 5) is 0. The summed E-state index contributed by atoms with van der Waals surface area (Å²) < 4.78 is 5.28. The van der Waals surface area contributed by atoms with Gasteiger partial charge in [-0.3, -0.25) is 0 Å². The Kier molecular flexibility index (Phi) is 3.64. The van der Waals surface area contributed by atoms with E-state index in [2.05, 4.69) is 10.2 Å². The molecule has 0 radical (unpaired) electrons. The molecule has 1 fully saturated rings. The maximum Gasteiger partial charge on any atom is 0.276 e. The summed E-state index contributed by atoms with van der Waals surface area (Å²) in [5, 5.41) is 8.36. The summed E-state index contributed by atoms with van der Waals surface area (Å²) in [6, 6.07) is 0.268. The van der Waals surface area contributed by atoms with Crippen LogP contribution >= 0.6 is 11.8 Å². The van der Waals surface area contributed by atoms with E-state index in [0.717, 1.165) is 5.75 Å². The van der Waals surface area contributed by atoms with Gasteiger partial charge < -0.3 is 10.2 Å². The van der Waals surface area contributed by atoms with Gasteiger partial charge in [0.1, 0.15) is 0 Å². The second-order valence-electron chi connectivity index (χ2n) is 4.11. The maximum atomic E-state index is 6.12. The molecule has 2 rings (SSSR count). The Hall–Kier alpha value is -0.550. The van der Waals surface area contributed by atoms with Gasteiger partial charge in [0.05, 0.1) is 0 Å². The van der Waals surface area contributed by atoms with Gasteiger partial charge in [-0.15, -0.1) is 10.2 Å². The van der Waals surface area contributed by atoms with Gasteiger partial charge in [-0.25, -0.2) is 0 Å². The second-order valence-corrected chi connectivity index (χ2v) is 5.08.